The van der Waals surface area contributed by atoms with Gasteiger partial charge in [0.25, 0.3) is 0 Å². The van der Waals surface area contributed by atoms with Gasteiger partial charge in [-0.15, -0.1) is 0 Å². The van der Waals surface area contributed by atoms with Crippen molar-refractivity contribution in [3.63, 3.8) is 0 Å². The van der Waals surface area contributed by atoms with Gasteiger partial charge in [0.1, 0.15) is 11.4 Å². The van der Waals surface area contributed by atoms with Gasteiger partial charge in [-0.25, -0.2) is 0 Å². The van der Waals surface area contributed by atoms with Crippen LogP contribution in [0.5, 0.6) is 5.75 Å². The van der Waals surface area contributed by atoms with Crippen molar-refractivity contribution in [3.05, 3.63) is 29.8 Å². The van der Waals surface area contributed by atoms with Gasteiger partial charge in [0.05, 0.1) is 0 Å². The largest absolute Gasteiger partial charge is 0.487 e. The Morgan fingerprint density at radius 2 is 1.81 bits per heavy atom. The number of hydrogen-bond donors (Lipinski definition) is 0. The highest BCUT2D eigenvalue weighted by molar-refractivity contribution is 5.77. The van der Waals surface area contributed by atoms with Gasteiger partial charge in [0.15, 0.2) is 0 Å². The van der Waals surface area contributed by atoms with Crippen LogP contribution < -0.4 is 4.74 Å². The molecule has 3 fully saturated rings. The predicted molar refractivity (Wildman–Crippen MR) is 106 cm³/mol. The van der Waals surface area contributed by atoms with Gasteiger partial charge in [-0.05, 0) is 62.5 Å². The van der Waals surface area contributed by atoms with Crippen molar-refractivity contribution in [2.24, 2.45) is 5.92 Å². The summed E-state index contributed by atoms with van der Waals surface area (Å²) in [6.07, 6.45) is 9.02. The van der Waals surface area contributed by atoms with Crippen molar-refractivity contribution in [2.75, 3.05) is 32.7 Å². The second-order valence-electron chi connectivity index (χ2n) is 9.26. The number of carbonyl (C=O) groups excluding carboxylic acids is 1. The Morgan fingerprint density at radius 1 is 1.07 bits per heavy atom. The summed E-state index contributed by atoms with van der Waals surface area (Å²) in [5.74, 6) is 2.63. The van der Waals surface area contributed by atoms with Crippen LogP contribution in [0.3, 0.4) is 0 Å². The zero-order valence-electron chi connectivity index (χ0n) is 16.4. The third kappa shape index (κ3) is 3.73. The first-order valence-electron chi connectivity index (χ1n) is 11.0. The first-order valence-corrected chi connectivity index (χ1v) is 11.0. The van der Waals surface area contributed by atoms with E-state index in [1.165, 1.54) is 24.9 Å². The van der Waals surface area contributed by atoms with E-state index in [0.717, 1.165) is 70.0 Å². The molecular formula is C23H32N2O2. The maximum Gasteiger partial charge on any atom is 0.223 e. The molecule has 1 amide bonds. The van der Waals surface area contributed by atoms with Crippen LogP contribution in [0.25, 0.3) is 0 Å². The van der Waals surface area contributed by atoms with Crippen LogP contribution >= 0.6 is 0 Å². The molecule has 0 bridgehead atoms. The molecular weight excluding hydrogens is 336 g/mol. The summed E-state index contributed by atoms with van der Waals surface area (Å²) in [7, 11) is 0. The molecule has 2 saturated heterocycles. The number of carbonyl (C=O) groups is 1. The number of fused-ring (bicyclic) bond motifs is 1. The number of benzene rings is 1. The minimum atomic E-state index is -0.0651. The summed E-state index contributed by atoms with van der Waals surface area (Å²) in [5.41, 5.74) is 1.18. The van der Waals surface area contributed by atoms with E-state index < -0.39 is 0 Å². The van der Waals surface area contributed by atoms with E-state index in [4.69, 9.17) is 4.74 Å². The highest BCUT2D eigenvalue weighted by Gasteiger charge is 2.44. The molecule has 146 valence electrons. The third-order valence-electron chi connectivity index (χ3n) is 7.16. The van der Waals surface area contributed by atoms with Crippen molar-refractivity contribution >= 4 is 5.91 Å². The van der Waals surface area contributed by atoms with E-state index in [9.17, 15) is 4.79 Å². The normalized spacial score (nSPS) is 27.4. The maximum atomic E-state index is 12.9. The number of ether oxygens (including phenoxy) is 1. The molecule has 4 heteroatoms. The van der Waals surface area contributed by atoms with E-state index in [-0.39, 0.29) is 5.60 Å². The maximum absolute atomic E-state index is 12.9. The van der Waals surface area contributed by atoms with Gasteiger partial charge in [-0.1, -0.05) is 18.2 Å². The zero-order chi connectivity index (χ0) is 18.3. The van der Waals surface area contributed by atoms with Crippen LogP contribution in [0, 0.1) is 5.92 Å². The second kappa shape index (κ2) is 7.12. The second-order valence-corrected chi connectivity index (χ2v) is 9.26. The van der Waals surface area contributed by atoms with Crippen LogP contribution in [0.15, 0.2) is 24.3 Å². The number of nitrogens with zero attached hydrogens (tertiary/aromatic N) is 2. The average Bonchev–Trinajstić information content (AvgIpc) is 3.32. The molecule has 0 radical (unpaired) electrons. The molecule has 1 unspecified atom stereocenters. The lowest BCUT2D eigenvalue weighted by molar-refractivity contribution is -0.131. The standard InChI is InChI=1S/C23H32N2O2/c26-22(25-11-3-4-12-25)15-19-16-23(27-21-6-2-1-5-20(19)21)9-13-24(14-10-23)17-18-7-8-18/h1-2,5-6,18-19H,3-4,7-17H2. The Morgan fingerprint density at radius 3 is 2.56 bits per heavy atom. The molecule has 4 nitrogen and oxygen atoms in total. The monoisotopic (exact) mass is 368 g/mol. The lowest BCUT2D eigenvalue weighted by Crippen LogP contribution is -2.51. The molecule has 4 aliphatic rings. The molecule has 0 N–H and O–H groups in total. The van der Waals surface area contributed by atoms with Crippen molar-refractivity contribution in [1.82, 2.24) is 9.80 Å². The van der Waals surface area contributed by atoms with E-state index in [1.807, 2.05) is 0 Å². The van der Waals surface area contributed by atoms with Crippen molar-refractivity contribution in [3.8, 4) is 5.75 Å². The Labute approximate surface area is 162 Å². The highest BCUT2D eigenvalue weighted by atomic mass is 16.5. The molecule has 3 heterocycles. The fourth-order valence-electron chi connectivity index (χ4n) is 5.35. The van der Waals surface area contributed by atoms with Gasteiger partial charge in [-0.2, -0.15) is 0 Å². The van der Waals surface area contributed by atoms with Crippen LogP contribution in [0.4, 0.5) is 0 Å². The molecule has 3 aliphatic heterocycles. The minimum absolute atomic E-state index is 0.0651. The quantitative estimate of drug-likeness (QED) is 0.810. The van der Waals surface area contributed by atoms with Crippen LogP contribution in [0.1, 0.15) is 62.8 Å². The summed E-state index contributed by atoms with van der Waals surface area (Å²) in [4.78, 5) is 17.6. The average molecular weight is 369 g/mol. The third-order valence-corrected chi connectivity index (χ3v) is 7.16. The zero-order valence-corrected chi connectivity index (χ0v) is 16.4. The smallest absolute Gasteiger partial charge is 0.223 e. The molecule has 5 rings (SSSR count). The van der Waals surface area contributed by atoms with Crippen LogP contribution in [-0.2, 0) is 4.79 Å². The van der Waals surface area contributed by atoms with Gasteiger partial charge in [0.2, 0.25) is 5.91 Å². The van der Waals surface area contributed by atoms with Crippen LogP contribution in [-0.4, -0.2) is 54.0 Å². The van der Waals surface area contributed by atoms with Gasteiger partial charge in [-0.3, -0.25) is 4.79 Å². The van der Waals surface area contributed by atoms with Crippen molar-refractivity contribution in [2.45, 2.75) is 62.9 Å². The van der Waals surface area contributed by atoms with Crippen LogP contribution in [0.2, 0.25) is 0 Å². The number of piperidine rings is 1. The number of rotatable bonds is 4. The van der Waals surface area contributed by atoms with E-state index in [1.54, 1.807) is 0 Å². The summed E-state index contributed by atoms with van der Waals surface area (Å²) in [6, 6.07) is 8.44. The van der Waals surface area contributed by atoms with Crippen molar-refractivity contribution < 1.29 is 9.53 Å². The Bertz CT molecular complexity index is 685. The van der Waals surface area contributed by atoms with Crippen molar-refractivity contribution in [1.29, 1.82) is 0 Å². The van der Waals surface area contributed by atoms with E-state index in [2.05, 4.69) is 34.1 Å². The lowest BCUT2D eigenvalue weighted by Gasteiger charge is -2.47. The summed E-state index contributed by atoms with van der Waals surface area (Å²) in [5, 5.41) is 0. The molecule has 1 aromatic rings. The Balaban J connectivity index is 1.31. The Kier molecular flexibility index (Phi) is 4.63. The molecule has 27 heavy (non-hydrogen) atoms. The fraction of sp³-hybridized carbons (Fsp3) is 0.696. The SMILES string of the molecule is O=C(CC1CC2(CCN(CC3CC3)CC2)Oc2ccccc21)N1CCCC1. The fourth-order valence-corrected chi connectivity index (χ4v) is 5.35. The lowest BCUT2D eigenvalue weighted by atomic mass is 9.76. The first kappa shape index (κ1) is 17.5. The molecule has 1 spiro atoms. The number of likely N-dealkylation sites (tertiary alicyclic amines) is 2. The summed E-state index contributed by atoms with van der Waals surface area (Å²) in [6.45, 7) is 5.47. The number of hydrogen-bond acceptors (Lipinski definition) is 3. The topological polar surface area (TPSA) is 32.8 Å². The van der Waals surface area contributed by atoms with E-state index >= 15 is 0 Å². The van der Waals surface area contributed by atoms with Gasteiger partial charge in [0, 0.05) is 45.1 Å². The molecule has 1 atom stereocenters. The van der Waals surface area contributed by atoms with E-state index in [0.29, 0.717) is 18.2 Å². The summed E-state index contributed by atoms with van der Waals surface area (Å²) < 4.78 is 6.62. The molecule has 0 aromatic heterocycles. The number of amides is 1. The molecule has 1 aromatic carbocycles. The number of para-hydroxylation sites is 1. The first-order chi connectivity index (χ1) is 13.2. The van der Waals surface area contributed by atoms with Gasteiger partial charge < -0.3 is 14.5 Å². The molecule has 1 aliphatic carbocycles. The Hall–Kier alpha value is -1.55. The van der Waals surface area contributed by atoms with Gasteiger partial charge >= 0.3 is 0 Å². The molecule has 1 saturated carbocycles. The predicted octanol–water partition coefficient (Wildman–Crippen LogP) is 3.81. The summed E-state index contributed by atoms with van der Waals surface area (Å²) >= 11 is 0. The minimum Gasteiger partial charge on any atom is -0.487 e. The highest BCUT2D eigenvalue weighted by Crippen LogP contribution is 2.47.